The number of rotatable bonds is 7. The van der Waals surface area contributed by atoms with Gasteiger partial charge in [0.15, 0.2) is 0 Å². The summed E-state index contributed by atoms with van der Waals surface area (Å²) >= 11 is 4.80. The number of piperazine rings is 1. The molecule has 0 saturated carbocycles. The minimum Gasteiger partial charge on any atom is -0.497 e. The maximum absolute atomic E-state index is 13.3. The molecule has 0 unspecified atom stereocenters. The Hall–Kier alpha value is -3.08. The number of thiophene rings is 1. The van der Waals surface area contributed by atoms with Crippen molar-refractivity contribution in [1.29, 1.82) is 0 Å². The molecule has 4 aromatic rings. The highest BCUT2D eigenvalue weighted by Crippen LogP contribution is 2.33. The van der Waals surface area contributed by atoms with Crippen molar-refractivity contribution in [3.8, 4) is 5.75 Å². The third-order valence-electron chi connectivity index (χ3n) is 6.69. The number of methoxy groups -OCH3 is 1. The molecule has 10 heteroatoms. The summed E-state index contributed by atoms with van der Waals surface area (Å²) in [4.78, 5) is 18.4. The SMILES string of the molecule is CCN(c1ccc2sc(C(=O)N3CCN(c4ccc(OC)cc4)CC3)cc2c1)S(=O)(=O)c1ccc(Br)cc1. The van der Waals surface area contributed by atoms with E-state index < -0.39 is 10.0 Å². The molecule has 0 N–H and O–H groups in total. The van der Waals surface area contributed by atoms with Gasteiger partial charge < -0.3 is 14.5 Å². The van der Waals surface area contributed by atoms with Crippen LogP contribution in [-0.4, -0.2) is 59.1 Å². The molecule has 1 aliphatic rings. The fraction of sp³-hybridized carbons (Fsp3) is 0.250. The molecule has 0 bridgehead atoms. The zero-order chi connectivity index (χ0) is 26.9. The summed E-state index contributed by atoms with van der Waals surface area (Å²) in [6.07, 6.45) is 0. The summed E-state index contributed by atoms with van der Waals surface area (Å²) in [5, 5.41) is 0.858. The molecule has 0 atom stereocenters. The van der Waals surface area contributed by atoms with Crippen molar-refractivity contribution in [2.75, 3.05) is 49.0 Å². The summed E-state index contributed by atoms with van der Waals surface area (Å²) < 4.78 is 35.1. The van der Waals surface area contributed by atoms with Crippen LogP contribution in [0.3, 0.4) is 0 Å². The maximum atomic E-state index is 13.3. The van der Waals surface area contributed by atoms with Crippen LogP contribution in [0.25, 0.3) is 10.1 Å². The van der Waals surface area contributed by atoms with Gasteiger partial charge in [0.2, 0.25) is 0 Å². The number of benzene rings is 3. The highest BCUT2D eigenvalue weighted by Gasteiger charge is 2.26. The first kappa shape index (κ1) is 26.5. The van der Waals surface area contributed by atoms with E-state index in [1.54, 1.807) is 37.4 Å². The number of nitrogens with zero attached hydrogens (tertiary/aromatic N) is 3. The molecule has 0 radical (unpaired) electrons. The number of hydrogen-bond acceptors (Lipinski definition) is 6. The number of carbonyl (C=O) groups excluding carboxylic acids is 1. The second-order valence-corrected chi connectivity index (χ2v) is 12.8. The lowest BCUT2D eigenvalue weighted by atomic mass is 10.2. The van der Waals surface area contributed by atoms with Crippen LogP contribution in [0.15, 0.2) is 82.2 Å². The van der Waals surface area contributed by atoms with E-state index in [4.69, 9.17) is 4.74 Å². The van der Waals surface area contributed by atoms with Crippen LogP contribution in [0, 0.1) is 0 Å². The Labute approximate surface area is 235 Å². The zero-order valence-corrected chi connectivity index (χ0v) is 24.4. The normalized spacial score (nSPS) is 14.1. The molecule has 198 valence electrons. The average Bonchev–Trinajstić information content (AvgIpc) is 3.37. The lowest BCUT2D eigenvalue weighted by Gasteiger charge is -2.36. The summed E-state index contributed by atoms with van der Waals surface area (Å²) in [7, 11) is -2.07. The summed E-state index contributed by atoms with van der Waals surface area (Å²) in [5.41, 5.74) is 1.69. The van der Waals surface area contributed by atoms with E-state index in [0.29, 0.717) is 23.7 Å². The molecule has 1 saturated heterocycles. The molecule has 1 fully saturated rings. The number of amides is 1. The highest BCUT2D eigenvalue weighted by molar-refractivity contribution is 9.10. The number of carbonyl (C=O) groups is 1. The zero-order valence-electron chi connectivity index (χ0n) is 21.1. The summed E-state index contributed by atoms with van der Waals surface area (Å²) in [6.45, 7) is 4.89. The minimum atomic E-state index is -3.72. The van der Waals surface area contributed by atoms with Crippen molar-refractivity contribution < 1.29 is 17.9 Å². The molecule has 5 rings (SSSR count). The molecule has 7 nitrogen and oxygen atoms in total. The molecular formula is C28H28BrN3O4S2. The quantitative estimate of drug-likeness (QED) is 0.261. The maximum Gasteiger partial charge on any atom is 0.264 e. The topological polar surface area (TPSA) is 70.2 Å². The molecule has 1 aliphatic heterocycles. The largest absolute Gasteiger partial charge is 0.497 e. The van der Waals surface area contributed by atoms with E-state index in [0.717, 1.165) is 39.1 Å². The Morgan fingerprint density at radius 1 is 0.974 bits per heavy atom. The molecule has 1 aromatic heterocycles. The summed E-state index contributed by atoms with van der Waals surface area (Å²) in [5.74, 6) is 0.834. The second kappa shape index (κ2) is 11.0. The average molecular weight is 615 g/mol. The molecule has 0 aliphatic carbocycles. The Kier molecular flexibility index (Phi) is 7.65. The smallest absolute Gasteiger partial charge is 0.264 e. The van der Waals surface area contributed by atoms with E-state index in [1.165, 1.54) is 15.6 Å². The third kappa shape index (κ3) is 5.25. The molecule has 0 spiro atoms. The van der Waals surface area contributed by atoms with E-state index >= 15 is 0 Å². The van der Waals surface area contributed by atoms with E-state index in [9.17, 15) is 13.2 Å². The van der Waals surface area contributed by atoms with Gasteiger partial charge in [-0.2, -0.15) is 0 Å². The van der Waals surface area contributed by atoms with Crippen molar-refractivity contribution in [3.05, 3.63) is 82.1 Å². The van der Waals surface area contributed by atoms with Crippen molar-refractivity contribution in [3.63, 3.8) is 0 Å². The number of anilines is 2. The van der Waals surface area contributed by atoms with Gasteiger partial charge in [-0.15, -0.1) is 11.3 Å². The molecule has 3 aromatic carbocycles. The van der Waals surface area contributed by atoms with Crippen LogP contribution in [-0.2, 0) is 10.0 Å². The van der Waals surface area contributed by atoms with Gasteiger partial charge >= 0.3 is 0 Å². The van der Waals surface area contributed by atoms with Crippen LogP contribution < -0.4 is 13.9 Å². The molecule has 2 heterocycles. The number of fused-ring (bicyclic) bond motifs is 1. The van der Waals surface area contributed by atoms with Crippen LogP contribution in [0.4, 0.5) is 11.4 Å². The number of sulfonamides is 1. The van der Waals surface area contributed by atoms with Crippen LogP contribution >= 0.6 is 27.3 Å². The Balaban J connectivity index is 1.31. The van der Waals surface area contributed by atoms with Crippen molar-refractivity contribution in [2.45, 2.75) is 11.8 Å². The van der Waals surface area contributed by atoms with Crippen LogP contribution in [0.2, 0.25) is 0 Å². The Morgan fingerprint density at radius 3 is 2.29 bits per heavy atom. The van der Waals surface area contributed by atoms with Crippen molar-refractivity contribution >= 4 is 64.7 Å². The van der Waals surface area contributed by atoms with Gasteiger partial charge in [0.1, 0.15) is 5.75 Å². The highest BCUT2D eigenvalue weighted by atomic mass is 79.9. The van der Waals surface area contributed by atoms with Gasteiger partial charge in [-0.1, -0.05) is 15.9 Å². The van der Waals surface area contributed by atoms with Gasteiger partial charge in [-0.05, 0) is 85.1 Å². The van der Waals surface area contributed by atoms with E-state index in [2.05, 4.69) is 20.8 Å². The third-order valence-corrected chi connectivity index (χ3v) is 10.2. The first-order valence-corrected chi connectivity index (χ1v) is 15.4. The number of hydrogen-bond donors (Lipinski definition) is 0. The fourth-order valence-corrected chi connectivity index (χ4v) is 7.37. The molecule has 38 heavy (non-hydrogen) atoms. The first-order valence-electron chi connectivity index (χ1n) is 12.3. The summed E-state index contributed by atoms with van der Waals surface area (Å²) in [6, 6.07) is 22.0. The van der Waals surface area contributed by atoms with Gasteiger partial charge in [-0.3, -0.25) is 9.10 Å². The van der Waals surface area contributed by atoms with Gasteiger partial charge in [0, 0.05) is 47.6 Å². The lowest BCUT2D eigenvalue weighted by Crippen LogP contribution is -2.48. The Morgan fingerprint density at radius 2 is 1.66 bits per heavy atom. The van der Waals surface area contributed by atoms with Gasteiger partial charge in [0.05, 0.1) is 22.6 Å². The van der Waals surface area contributed by atoms with Crippen LogP contribution in [0.1, 0.15) is 16.6 Å². The first-order chi connectivity index (χ1) is 18.3. The lowest BCUT2D eigenvalue weighted by molar-refractivity contribution is 0.0751. The Bertz CT molecular complexity index is 1550. The predicted octanol–water partition coefficient (Wildman–Crippen LogP) is 5.85. The predicted molar refractivity (Wildman–Crippen MR) is 157 cm³/mol. The number of halogens is 1. The molecular weight excluding hydrogens is 586 g/mol. The minimum absolute atomic E-state index is 0.0111. The van der Waals surface area contributed by atoms with E-state index in [1.807, 2.05) is 54.3 Å². The number of ether oxygens (including phenoxy) is 1. The van der Waals surface area contributed by atoms with Gasteiger partial charge in [-0.25, -0.2) is 8.42 Å². The van der Waals surface area contributed by atoms with Gasteiger partial charge in [0.25, 0.3) is 15.9 Å². The molecule has 1 amide bonds. The fourth-order valence-electron chi connectivity index (χ4n) is 4.63. The monoisotopic (exact) mass is 613 g/mol. The van der Waals surface area contributed by atoms with E-state index in [-0.39, 0.29) is 17.3 Å². The van der Waals surface area contributed by atoms with Crippen molar-refractivity contribution in [2.24, 2.45) is 0 Å². The second-order valence-electron chi connectivity index (χ2n) is 8.93. The van der Waals surface area contributed by atoms with Crippen molar-refractivity contribution in [1.82, 2.24) is 4.90 Å². The van der Waals surface area contributed by atoms with Crippen LogP contribution in [0.5, 0.6) is 5.75 Å². The standard InChI is InChI=1S/C28H28BrN3O4S2/c1-3-32(38(34,35)25-11-4-21(29)5-12-25)23-8-13-26-20(18-23)19-27(37-26)28(33)31-16-14-30(15-17-31)22-6-9-24(36-2)10-7-22/h4-13,18-19H,3,14-17H2,1-2H3.